The van der Waals surface area contributed by atoms with Crippen LogP contribution in [0.25, 0.3) is 0 Å². The first-order valence-electron chi connectivity index (χ1n) is 6.14. The Balaban J connectivity index is 2.63. The van der Waals surface area contributed by atoms with Gasteiger partial charge in [-0.1, -0.05) is 0 Å². The summed E-state index contributed by atoms with van der Waals surface area (Å²) in [6.07, 6.45) is 1.95. The lowest BCUT2D eigenvalue weighted by Gasteiger charge is -2.34. The van der Waals surface area contributed by atoms with Crippen LogP contribution in [-0.4, -0.2) is 42.2 Å². The van der Waals surface area contributed by atoms with E-state index in [9.17, 15) is 9.59 Å². The van der Waals surface area contributed by atoms with Crippen molar-refractivity contribution in [3.63, 3.8) is 0 Å². The third-order valence-electron chi connectivity index (χ3n) is 2.58. The molecule has 0 aromatic carbocycles. The minimum Gasteiger partial charge on any atom is -0.383 e. The number of carbonyl (C=O) groups is 2. The van der Waals surface area contributed by atoms with Crippen molar-refractivity contribution in [2.45, 2.75) is 51.7 Å². The van der Waals surface area contributed by atoms with Crippen LogP contribution in [-0.2, 0) is 14.4 Å². The van der Waals surface area contributed by atoms with Crippen LogP contribution in [0.3, 0.4) is 0 Å². The third kappa shape index (κ3) is 4.27. The monoisotopic (exact) mass is 258 g/mol. The van der Waals surface area contributed by atoms with Crippen LogP contribution in [0.2, 0.25) is 0 Å². The van der Waals surface area contributed by atoms with Gasteiger partial charge in [-0.15, -0.1) is 0 Å². The van der Waals surface area contributed by atoms with Gasteiger partial charge in [-0.25, -0.2) is 10.3 Å². The number of ether oxygens (including phenoxy) is 1. The fourth-order valence-electron chi connectivity index (χ4n) is 1.82. The maximum Gasteiger partial charge on any atom is 0.348 e. The van der Waals surface area contributed by atoms with Crippen LogP contribution in [0.5, 0.6) is 0 Å². The first-order valence-corrected chi connectivity index (χ1v) is 6.14. The van der Waals surface area contributed by atoms with Crippen LogP contribution >= 0.6 is 0 Å². The summed E-state index contributed by atoms with van der Waals surface area (Å²) in [5.74, 6) is -0.182. The van der Waals surface area contributed by atoms with Crippen LogP contribution in [0.4, 0.5) is 4.79 Å². The van der Waals surface area contributed by atoms with Crippen molar-refractivity contribution in [1.82, 2.24) is 10.4 Å². The maximum atomic E-state index is 12.0. The fourth-order valence-corrected chi connectivity index (χ4v) is 1.82. The molecule has 1 saturated heterocycles. The van der Waals surface area contributed by atoms with Crippen molar-refractivity contribution >= 4 is 11.9 Å². The summed E-state index contributed by atoms with van der Waals surface area (Å²) in [5, 5.41) is 0. The van der Waals surface area contributed by atoms with Crippen molar-refractivity contribution in [3.05, 3.63) is 0 Å². The van der Waals surface area contributed by atoms with Crippen molar-refractivity contribution < 1.29 is 19.2 Å². The van der Waals surface area contributed by atoms with E-state index in [0.717, 1.165) is 12.8 Å². The first-order chi connectivity index (χ1) is 8.35. The average molecular weight is 258 g/mol. The van der Waals surface area contributed by atoms with Gasteiger partial charge in [0.25, 0.3) is 0 Å². The Hall–Kier alpha value is -1.14. The lowest BCUT2D eigenvalue weighted by molar-refractivity contribution is -0.135. The van der Waals surface area contributed by atoms with E-state index < -0.39 is 11.6 Å². The standard InChI is InChI=1S/C12H22N2O4/c1-12(2,3)18-13-11(16)14-9(8-17-4)6-5-7-10(14)15/h9H,5-8H2,1-4H3,(H,13,16). The van der Waals surface area contributed by atoms with Crippen molar-refractivity contribution in [3.8, 4) is 0 Å². The summed E-state index contributed by atoms with van der Waals surface area (Å²) in [4.78, 5) is 30.1. The van der Waals surface area contributed by atoms with E-state index in [-0.39, 0.29) is 11.9 Å². The molecule has 0 saturated carbocycles. The Labute approximate surface area is 108 Å². The second kappa shape index (κ2) is 6.15. The Bertz CT molecular complexity index is 310. The minimum atomic E-state index is -0.517. The van der Waals surface area contributed by atoms with Crippen molar-refractivity contribution in [2.75, 3.05) is 13.7 Å². The van der Waals surface area contributed by atoms with E-state index in [4.69, 9.17) is 9.57 Å². The van der Waals surface area contributed by atoms with Crippen molar-refractivity contribution in [2.24, 2.45) is 0 Å². The second-order valence-corrected chi connectivity index (χ2v) is 5.39. The SMILES string of the molecule is COCC1CCCC(=O)N1C(=O)NOC(C)(C)C. The van der Waals surface area contributed by atoms with E-state index in [1.54, 1.807) is 7.11 Å². The predicted octanol–water partition coefficient (Wildman–Crippen LogP) is 1.45. The van der Waals surface area contributed by atoms with Gasteiger partial charge in [-0.05, 0) is 33.6 Å². The summed E-state index contributed by atoms with van der Waals surface area (Å²) in [5.41, 5.74) is 1.83. The van der Waals surface area contributed by atoms with Crippen LogP contribution < -0.4 is 5.48 Å². The highest BCUT2D eigenvalue weighted by atomic mass is 16.7. The van der Waals surface area contributed by atoms with Crippen LogP contribution in [0.15, 0.2) is 0 Å². The Kier molecular flexibility index (Phi) is 5.10. The normalized spacial score (nSPS) is 21.0. The Morgan fingerprint density at radius 2 is 2.17 bits per heavy atom. The number of hydrogen-bond acceptors (Lipinski definition) is 4. The molecule has 1 fully saturated rings. The predicted molar refractivity (Wildman–Crippen MR) is 65.7 cm³/mol. The smallest absolute Gasteiger partial charge is 0.348 e. The largest absolute Gasteiger partial charge is 0.383 e. The lowest BCUT2D eigenvalue weighted by Crippen LogP contribution is -2.54. The molecule has 3 amide bonds. The molecule has 1 heterocycles. The summed E-state index contributed by atoms with van der Waals surface area (Å²) in [6, 6.07) is -0.725. The van der Waals surface area contributed by atoms with Gasteiger partial charge in [0.2, 0.25) is 5.91 Å². The summed E-state index contributed by atoms with van der Waals surface area (Å²) in [7, 11) is 1.56. The molecule has 6 nitrogen and oxygen atoms in total. The van der Waals surface area contributed by atoms with Crippen LogP contribution in [0.1, 0.15) is 40.0 Å². The fraction of sp³-hybridized carbons (Fsp3) is 0.833. The zero-order valence-corrected chi connectivity index (χ0v) is 11.5. The molecule has 1 aliphatic rings. The zero-order chi connectivity index (χ0) is 13.8. The molecule has 1 rings (SSSR count). The van der Waals surface area contributed by atoms with E-state index >= 15 is 0 Å². The quantitative estimate of drug-likeness (QED) is 0.778. The summed E-state index contributed by atoms with van der Waals surface area (Å²) >= 11 is 0. The number of hydrogen-bond donors (Lipinski definition) is 1. The minimum absolute atomic E-state index is 0.182. The van der Waals surface area contributed by atoms with Gasteiger partial charge in [0.15, 0.2) is 0 Å². The number of nitrogens with one attached hydrogen (secondary N) is 1. The molecule has 18 heavy (non-hydrogen) atoms. The van der Waals surface area contributed by atoms with Gasteiger partial charge in [-0.3, -0.25) is 14.5 Å². The summed E-state index contributed by atoms with van der Waals surface area (Å²) < 4.78 is 5.04. The summed E-state index contributed by atoms with van der Waals surface area (Å²) in [6.45, 7) is 5.81. The number of rotatable bonds is 3. The molecule has 1 atom stereocenters. The molecule has 0 aromatic heterocycles. The first kappa shape index (κ1) is 14.9. The maximum absolute atomic E-state index is 12.0. The molecule has 6 heteroatoms. The Morgan fingerprint density at radius 3 is 2.72 bits per heavy atom. The molecule has 0 bridgehead atoms. The van der Waals surface area contributed by atoms with Gasteiger partial charge in [0.1, 0.15) is 0 Å². The highest BCUT2D eigenvalue weighted by Crippen LogP contribution is 2.19. The number of hydroxylamine groups is 1. The molecule has 1 aliphatic heterocycles. The molecule has 0 radical (unpaired) electrons. The molecule has 0 aromatic rings. The number of imide groups is 1. The number of nitrogens with zero attached hydrogens (tertiary/aromatic N) is 1. The number of methoxy groups -OCH3 is 1. The second-order valence-electron chi connectivity index (χ2n) is 5.39. The topological polar surface area (TPSA) is 67.9 Å². The van der Waals surface area contributed by atoms with Crippen molar-refractivity contribution in [1.29, 1.82) is 0 Å². The molecule has 0 spiro atoms. The number of urea groups is 1. The van der Waals surface area contributed by atoms with E-state index in [1.807, 2.05) is 20.8 Å². The third-order valence-corrected chi connectivity index (χ3v) is 2.58. The van der Waals surface area contributed by atoms with E-state index in [1.165, 1.54) is 4.90 Å². The molecule has 104 valence electrons. The number of carbonyl (C=O) groups excluding carboxylic acids is 2. The van der Waals surface area contributed by atoms with Gasteiger partial charge in [-0.2, -0.15) is 0 Å². The molecule has 0 aliphatic carbocycles. The zero-order valence-electron chi connectivity index (χ0n) is 11.5. The Morgan fingerprint density at radius 1 is 1.50 bits per heavy atom. The van der Waals surface area contributed by atoms with Gasteiger partial charge >= 0.3 is 6.03 Å². The van der Waals surface area contributed by atoms with E-state index in [2.05, 4.69) is 5.48 Å². The van der Waals surface area contributed by atoms with E-state index in [0.29, 0.717) is 13.0 Å². The van der Waals surface area contributed by atoms with Gasteiger partial charge in [0.05, 0.1) is 18.2 Å². The van der Waals surface area contributed by atoms with Gasteiger partial charge < -0.3 is 4.74 Å². The molecular weight excluding hydrogens is 236 g/mol. The highest BCUT2D eigenvalue weighted by Gasteiger charge is 2.33. The average Bonchev–Trinajstić information content (AvgIpc) is 2.26. The number of piperidine rings is 1. The molecule has 1 N–H and O–H groups in total. The van der Waals surface area contributed by atoms with Gasteiger partial charge in [0, 0.05) is 13.5 Å². The van der Waals surface area contributed by atoms with Crippen LogP contribution in [0, 0.1) is 0 Å². The lowest BCUT2D eigenvalue weighted by atomic mass is 10.0. The number of likely N-dealkylation sites (tertiary alicyclic amines) is 1. The molecular formula is C12H22N2O4. The number of amides is 3. The molecule has 1 unspecified atom stereocenters. The highest BCUT2D eigenvalue weighted by molar-refractivity contribution is 5.95.